The van der Waals surface area contributed by atoms with Crippen LogP contribution >= 0.6 is 24.0 Å². The van der Waals surface area contributed by atoms with Crippen molar-refractivity contribution in [1.29, 1.82) is 0 Å². The predicted molar refractivity (Wildman–Crippen MR) is 56.2 cm³/mol. The third kappa shape index (κ3) is 3.94. The molecule has 1 aromatic rings. The average Bonchev–Trinajstić information content (AvgIpc) is 2.06. The summed E-state index contributed by atoms with van der Waals surface area (Å²) in [5.74, 6) is 0. The molecule has 0 saturated heterocycles. The number of halogens is 3. The van der Waals surface area contributed by atoms with Crippen LogP contribution in [0.3, 0.4) is 0 Å². The van der Waals surface area contributed by atoms with E-state index in [-0.39, 0.29) is 25.1 Å². The van der Waals surface area contributed by atoms with E-state index in [9.17, 15) is 4.39 Å². The fraction of sp³-hybridized carbons (Fsp3) is 0.333. The molecule has 1 rings (SSSR count). The molecule has 4 heteroatoms. The Morgan fingerprint density at radius 2 is 1.85 bits per heavy atom. The Morgan fingerprint density at radius 1 is 1.31 bits per heavy atom. The van der Waals surface area contributed by atoms with Gasteiger partial charge in [-0.25, -0.2) is 0 Å². The summed E-state index contributed by atoms with van der Waals surface area (Å²) in [6, 6.07) is 6.95. The fourth-order valence-electron chi connectivity index (χ4n) is 0.994. The number of benzene rings is 1. The van der Waals surface area contributed by atoms with E-state index in [1.165, 1.54) is 0 Å². The first kappa shape index (κ1) is 12.7. The van der Waals surface area contributed by atoms with Gasteiger partial charge in [-0.15, -0.1) is 12.4 Å². The van der Waals surface area contributed by atoms with E-state index in [1.54, 1.807) is 12.1 Å². The Balaban J connectivity index is 0.00000144. The van der Waals surface area contributed by atoms with E-state index in [2.05, 4.69) is 0 Å². The summed E-state index contributed by atoms with van der Waals surface area (Å²) < 4.78 is 11.9. The maximum absolute atomic E-state index is 11.9. The lowest BCUT2D eigenvalue weighted by molar-refractivity contribution is 0.442. The van der Waals surface area contributed by atoms with E-state index in [1.807, 2.05) is 12.1 Å². The molecule has 0 fully saturated rings. The molecule has 0 bridgehead atoms. The Labute approximate surface area is 88.5 Å². The van der Waals surface area contributed by atoms with Crippen molar-refractivity contribution in [2.75, 3.05) is 6.67 Å². The summed E-state index contributed by atoms with van der Waals surface area (Å²) in [4.78, 5) is 0. The van der Waals surface area contributed by atoms with Crippen molar-refractivity contribution in [3.63, 3.8) is 0 Å². The SMILES string of the molecule is Cl.N[C@@H](CCF)c1ccc(Cl)cc1. The van der Waals surface area contributed by atoms with Crippen molar-refractivity contribution < 1.29 is 4.39 Å². The van der Waals surface area contributed by atoms with Crippen LogP contribution in [0.4, 0.5) is 4.39 Å². The van der Waals surface area contributed by atoms with Crippen molar-refractivity contribution >= 4 is 24.0 Å². The van der Waals surface area contributed by atoms with Gasteiger partial charge in [0.15, 0.2) is 0 Å². The molecule has 2 N–H and O–H groups in total. The second kappa shape index (κ2) is 6.19. The smallest absolute Gasteiger partial charge is 0.0912 e. The minimum atomic E-state index is -0.385. The van der Waals surface area contributed by atoms with Gasteiger partial charge in [-0.3, -0.25) is 4.39 Å². The standard InChI is InChI=1S/C9H11ClFN.ClH/c10-8-3-1-7(2-4-8)9(12)5-6-11;/h1-4,9H,5-6,12H2;1H/t9-;/m0./s1. The van der Waals surface area contributed by atoms with E-state index >= 15 is 0 Å². The summed E-state index contributed by atoms with van der Waals surface area (Å²) in [6.45, 7) is -0.385. The van der Waals surface area contributed by atoms with E-state index in [0.29, 0.717) is 11.4 Å². The molecule has 0 saturated carbocycles. The molecule has 1 atom stereocenters. The van der Waals surface area contributed by atoms with Crippen LogP contribution in [0.1, 0.15) is 18.0 Å². The molecule has 0 spiro atoms. The van der Waals surface area contributed by atoms with E-state index < -0.39 is 0 Å². The summed E-state index contributed by atoms with van der Waals surface area (Å²) in [5, 5.41) is 0.672. The quantitative estimate of drug-likeness (QED) is 0.838. The minimum Gasteiger partial charge on any atom is -0.324 e. The number of rotatable bonds is 3. The highest BCUT2D eigenvalue weighted by Crippen LogP contribution is 2.16. The van der Waals surface area contributed by atoms with Crippen LogP contribution in [-0.4, -0.2) is 6.67 Å². The van der Waals surface area contributed by atoms with E-state index in [0.717, 1.165) is 5.56 Å². The second-order valence-electron chi connectivity index (χ2n) is 2.64. The van der Waals surface area contributed by atoms with Gasteiger partial charge >= 0.3 is 0 Å². The first-order valence-electron chi connectivity index (χ1n) is 3.81. The monoisotopic (exact) mass is 223 g/mol. The van der Waals surface area contributed by atoms with E-state index in [4.69, 9.17) is 17.3 Å². The van der Waals surface area contributed by atoms with Crippen molar-refractivity contribution in [3.05, 3.63) is 34.9 Å². The van der Waals surface area contributed by atoms with Crippen LogP contribution in [0, 0.1) is 0 Å². The van der Waals surface area contributed by atoms with Gasteiger partial charge in [0.2, 0.25) is 0 Å². The van der Waals surface area contributed by atoms with Gasteiger partial charge in [0.25, 0.3) is 0 Å². The van der Waals surface area contributed by atoms with Crippen molar-refractivity contribution in [1.82, 2.24) is 0 Å². The summed E-state index contributed by atoms with van der Waals surface area (Å²) in [5.41, 5.74) is 6.60. The number of nitrogens with two attached hydrogens (primary N) is 1. The van der Waals surface area contributed by atoms with Gasteiger partial charge in [-0.05, 0) is 24.1 Å². The average molecular weight is 224 g/mol. The predicted octanol–water partition coefficient (Wildman–Crippen LogP) is 3.12. The lowest BCUT2D eigenvalue weighted by Crippen LogP contribution is -2.10. The Kier molecular flexibility index (Phi) is 6.04. The third-order valence-electron chi connectivity index (χ3n) is 1.72. The molecule has 13 heavy (non-hydrogen) atoms. The van der Waals surface area contributed by atoms with Crippen LogP contribution in [0.15, 0.2) is 24.3 Å². The van der Waals surface area contributed by atoms with Crippen LogP contribution < -0.4 is 5.73 Å². The van der Waals surface area contributed by atoms with Gasteiger partial charge in [0, 0.05) is 11.1 Å². The van der Waals surface area contributed by atoms with Crippen molar-refractivity contribution in [3.8, 4) is 0 Å². The molecule has 0 aliphatic heterocycles. The third-order valence-corrected chi connectivity index (χ3v) is 1.97. The molecular weight excluding hydrogens is 212 g/mol. The molecule has 0 aliphatic carbocycles. The molecule has 0 unspecified atom stereocenters. The summed E-state index contributed by atoms with van der Waals surface area (Å²) in [7, 11) is 0. The van der Waals surface area contributed by atoms with Gasteiger partial charge in [-0.1, -0.05) is 23.7 Å². The van der Waals surface area contributed by atoms with Gasteiger partial charge in [0.1, 0.15) is 0 Å². The van der Waals surface area contributed by atoms with Gasteiger partial charge in [0.05, 0.1) is 6.67 Å². The van der Waals surface area contributed by atoms with Crippen LogP contribution in [0.25, 0.3) is 0 Å². The number of alkyl halides is 1. The summed E-state index contributed by atoms with van der Waals surface area (Å²) in [6.07, 6.45) is 0.363. The molecular formula is C9H12Cl2FN. The molecule has 0 aliphatic rings. The maximum atomic E-state index is 11.9. The first-order valence-corrected chi connectivity index (χ1v) is 4.19. The molecule has 1 nitrogen and oxygen atoms in total. The lowest BCUT2D eigenvalue weighted by atomic mass is 10.1. The lowest BCUT2D eigenvalue weighted by Gasteiger charge is -2.08. The normalized spacial score (nSPS) is 11.9. The van der Waals surface area contributed by atoms with Crippen molar-refractivity contribution in [2.24, 2.45) is 5.73 Å². The largest absolute Gasteiger partial charge is 0.324 e. The van der Waals surface area contributed by atoms with Crippen LogP contribution in [-0.2, 0) is 0 Å². The number of hydrogen-bond donors (Lipinski definition) is 1. The van der Waals surface area contributed by atoms with Crippen LogP contribution in [0.2, 0.25) is 5.02 Å². The van der Waals surface area contributed by atoms with Crippen LogP contribution in [0.5, 0.6) is 0 Å². The zero-order valence-electron chi connectivity index (χ0n) is 7.04. The molecule has 0 radical (unpaired) electrons. The van der Waals surface area contributed by atoms with Gasteiger partial charge < -0.3 is 5.73 Å². The van der Waals surface area contributed by atoms with Gasteiger partial charge in [-0.2, -0.15) is 0 Å². The highest BCUT2D eigenvalue weighted by Gasteiger charge is 2.04. The Hall–Kier alpha value is -0.310. The molecule has 0 aromatic heterocycles. The molecule has 0 amide bonds. The number of hydrogen-bond acceptors (Lipinski definition) is 1. The second-order valence-corrected chi connectivity index (χ2v) is 3.07. The van der Waals surface area contributed by atoms with Crippen molar-refractivity contribution in [2.45, 2.75) is 12.5 Å². The minimum absolute atomic E-state index is 0. The highest BCUT2D eigenvalue weighted by atomic mass is 35.5. The molecule has 74 valence electrons. The maximum Gasteiger partial charge on any atom is 0.0912 e. The fourth-order valence-corrected chi connectivity index (χ4v) is 1.12. The zero-order chi connectivity index (χ0) is 8.97. The topological polar surface area (TPSA) is 26.0 Å². The molecule has 0 heterocycles. The molecule has 1 aromatic carbocycles. The Bertz CT molecular complexity index is 238. The zero-order valence-corrected chi connectivity index (χ0v) is 8.61. The summed E-state index contributed by atoms with van der Waals surface area (Å²) >= 11 is 5.68. The Morgan fingerprint density at radius 3 is 2.31 bits per heavy atom. The highest BCUT2D eigenvalue weighted by molar-refractivity contribution is 6.30. The first-order chi connectivity index (χ1) is 5.74.